The van der Waals surface area contributed by atoms with Crippen LogP contribution in [0.3, 0.4) is 0 Å². The lowest BCUT2D eigenvalue weighted by molar-refractivity contribution is -0.136. The maximum Gasteiger partial charge on any atom is 0.337 e. The Kier molecular flexibility index (Phi) is 8.74. The minimum atomic E-state index is -0.743. The van der Waals surface area contributed by atoms with Crippen LogP contribution < -0.4 is 24.4 Å². The van der Waals surface area contributed by atoms with E-state index in [1.165, 1.54) is 33.8 Å². The van der Waals surface area contributed by atoms with Gasteiger partial charge in [0.1, 0.15) is 0 Å². The number of carbonyl (C=O) groups is 1. The number of ether oxygens (including phenoxy) is 3. The summed E-state index contributed by atoms with van der Waals surface area (Å²) in [6, 6.07) is 13.2. The predicted molar refractivity (Wildman–Crippen MR) is 173 cm³/mol. The maximum atomic E-state index is 14.0. The molecule has 0 bridgehead atoms. The summed E-state index contributed by atoms with van der Waals surface area (Å²) in [5, 5.41) is 0. The number of nitrogens with zero attached hydrogens (tertiary/aromatic N) is 3. The predicted octanol–water partition coefficient (Wildman–Crippen LogP) is 5.14. The van der Waals surface area contributed by atoms with Crippen LogP contribution in [-0.4, -0.2) is 35.4 Å². The molecule has 0 fully saturated rings. The number of hydrogen-bond donors (Lipinski definition) is 0. The van der Waals surface area contributed by atoms with Gasteiger partial charge in [-0.25, -0.2) is 9.79 Å². The zero-order chi connectivity index (χ0) is 30.1. The molecule has 0 spiro atoms. The summed E-state index contributed by atoms with van der Waals surface area (Å²) in [7, 11) is 1.32. The molecule has 2 aromatic heterocycles. The molecule has 4 aromatic rings. The lowest BCUT2D eigenvalue weighted by Crippen LogP contribution is -2.39. The van der Waals surface area contributed by atoms with Crippen molar-refractivity contribution in [2.45, 2.75) is 40.7 Å². The standard InChI is InChI=1S/C32H32IN3O5S/c1-7-40-26-12-10-21(14-27(26)41-8-2)29-24(31(38)39-6)17-34-32-36(29)30(37)28(42-32)15-22-13-19(4)35(20(22)5)23-11-9-18(3)25(33)16-23/h9-17,29H,7-8H2,1-6H3/b28-15+/t29-/m1/s1. The third-order valence-electron chi connectivity index (χ3n) is 7.18. The second-order valence-corrected chi connectivity index (χ2v) is 12.0. The van der Waals surface area contributed by atoms with Crippen LogP contribution >= 0.6 is 33.9 Å². The van der Waals surface area contributed by atoms with Crippen molar-refractivity contribution in [2.75, 3.05) is 20.3 Å². The number of halogens is 1. The van der Waals surface area contributed by atoms with Gasteiger partial charge < -0.3 is 18.8 Å². The van der Waals surface area contributed by atoms with Crippen LogP contribution in [0.4, 0.5) is 0 Å². The van der Waals surface area contributed by atoms with Crippen molar-refractivity contribution in [3.8, 4) is 17.2 Å². The van der Waals surface area contributed by atoms with E-state index in [-0.39, 0.29) is 11.1 Å². The summed E-state index contributed by atoms with van der Waals surface area (Å²) < 4.78 is 22.1. The second kappa shape index (κ2) is 12.3. The quantitative estimate of drug-likeness (QED) is 0.188. The molecule has 3 heterocycles. The number of methoxy groups -OCH3 is 1. The lowest BCUT2D eigenvalue weighted by Gasteiger charge is -2.23. The van der Waals surface area contributed by atoms with Crippen molar-refractivity contribution in [1.82, 2.24) is 9.13 Å². The van der Waals surface area contributed by atoms with Crippen molar-refractivity contribution in [3.05, 3.63) is 106 Å². The highest BCUT2D eigenvalue weighted by atomic mass is 127. The molecule has 2 aromatic carbocycles. The van der Waals surface area contributed by atoms with Crippen LogP contribution in [0.15, 0.2) is 64.0 Å². The Morgan fingerprint density at radius 3 is 2.48 bits per heavy atom. The van der Waals surface area contributed by atoms with Gasteiger partial charge in [-0.1, -0.05) is 23.5 Å². The highest BCUT2D eigenvalue weighted by Gasteiger charge is 2.31. The topological polar surface area (TPSA) is 84.0 Å². The average molecular weight is 698 g/mol. The van der Waals surface area contributed by atoms with Gasteiger partial charge in [0, 0.05) is 26.8 Å². The minimum Gasteiger partial charge on any atom is -0.490 e. The van der Waals surface area contributed by atoms with Gasteiger partial charge in [0.15, 0.2) is 16.3 Å². The number of thiazole rings is 1. The van der Waals surface area contributed by atoms with Crippen LogP contribution in [-0.2, 0) is 9.53 Å². The van der Waals surface area contributed by atoms with E-state index < -0.39 is 12.0 Å². The summed E-state index contributed by atoms with van der Waals surface area (Å²) in [4.78, 5) is 31.9. The number of rotatable bonds is 8. The summed E-state index contributed by atoms with van der Waals surface area (Å²) in [6.07, 6.45) is 3.40. The van der Waals surface area contributed by atoms with Crippen LogP contribution in [0.2, 0.25) is 0 Å². The Morgan fingerprint density at radius 2 is 1.79 bits per heavy atom. The van der Waals surface area contributed by atoms with E-state index in [0.717, 1.165) is 22.6 Å². The molecule has 0 N–H and O–H groups in total. The summed E-state index contributed by atoms with van der Waals surface area (Å²) >= 11 is 3.64. The molecule has 1 atom stereocenters. The maximum absolute atomic E-state index is 14.0. The van der Waals surface area contributed by atoms with E-state index in [4.69, 9.17) is 14.2 Å². The van der Waals surface area contributed by atoms with Gasteiger partial charge >= 0.3 is 5.97 Å². The first-order valence-electron chi connectivity index (χ1n) is 13.6. The first-order valence-corrected chi connectivity index (χ1v) is 15.5. The fourth-order valence-corrected chi connectivity index (χ4v) is 6.64. The first kappa shape index (κ1) is 29.8. The van der Waals surface area contributed by atoms with E-state index in [2.05, 4.69) is 77.2 Å². The van der Waals surface area contributed by atoms with Gasteiger partial charge in [-0.15, -0.1) is 0 Å². The fraction of sp³-hybridized carbons (Fsp3) is 0.281. The van der Waals surface area contributed by atoms with E-state index in [9.17, 15) is 9.59 Å². The van der Waals surface area contributed by atoms with Crippen molar-refractivity contribution in [3.63, 3.8) is 0 Å². The Balaban J connectivity index is 1.66. The molecule has 1 aliphatic heterocycles. The Hall–Kier alpha value is -3.64. The molecule has 0 saturated carbocycles. The third kappa shape index (κ3) is 5.45. The molecule has 42 heavy (non-hydrogen) atoms. The summed E-state index contributed by atoms with van der Waals surface area (Å²) in [5.74, 6) is 0.581. The van der Waals surface area contributed by atoms with Crippen molar-refractivity contribution >= 4 is 46.0 Å². The molecule has 0 unspecified atom stereocenters. The number of aryl methyl sites for hydroxylation is 2. The highest BCUT2D eigenvalue weighted by molar-refractivity contribution is 14.1. The average Bonchev–Trinajstić information content (AvgIpc) is 3.44. The van der Waals surface area contributed by atoms with Crippen molar-refractivity contribution < 1.29 is 19.0 Å². The molecule has 0 saturated heterocycles. The van der Waals surface area contributed by atoms with E-state index in [1.54, 1.807) is 10.6 Å². The molecule has 0 amide bonds. The first-order chi connectivity index (χ1) is 20.2. The zero-order valence-electron chi connectivity index (χ0n) is 24.4. The molecular formula is C32H32IN3O5S. The third-order valence-corrected chi connectivity index (χ3v) is 9.34. The SMILES string of the molecule is CCOc1ccc([C@@H]2C(C(=O)OC)=CN=c3s/c(=C/c4cc(C)n(-c5ccc(C)c(I)c5)c4C)c(=O)n32)cc1OCC. The normalized spacial score (nSPS) is 14.7. The number of aromatic nitrogens is 2. The number of esters is 1. The monoisotopic (exact) mass is 697 g/mol. The van der Waals surface area contributed by atoms with E-state index in [0.29, 0.717) is 39.6 Å². The number of carbonyl (C=O) groups excluding carboxylic acids is 1. The lowest BCUT2D eigenvalue weighted by atomic mass is 9.97. The zero-order valence-corrected chi connectivity index (χ0v) is 27.3. The number of benzene rings is 2. The Bertz CT molecular complexity index is 1900. The molecule has 0 radical (unpaired) electrons. The molecule has 1 aliphatic rings. The second-order valence-electron chi connectivity index (χ2n) is 9.84. The Labute approximate surface area is 261 Å². The molecular weight excluding hydrogens is 665 g/mol. The van der Waals surface area contributed by atoms with Crippen molar-refractivity contribution in [1.29, 1.82) is 0 Å². The number of hydrogen-bond acceptors (Lipinski definition) is 7. The van der Waals surface area contributed by atoms with Gasteiger partial charge in [0.2, 0.25) is 0 Å². The van der Waals surface area contributed by atoms with Gasteiger partial charge in [-0.3, -0.25) is 9.36 Å². The van der Waals surface area contributed by atoms with Crippen LogP contribution in [0.5, 0.6) is 11.5 Å². The fourth-order valence-electron chi connectivity index (χ4n) is 5.18. The molecule has 8 nitrogen and oxygen atoms in total. The Morgan fingerprint density at radius 1 is 1.05 bits per heavy atom. The largest absolute Gasteiger partial charge is 0.490 e. The van der Waals surface area contributed by atoms with E-state index >= 15 is 0 Å². The van der Waals surface area contributed by atoms with Gasteiger partial charge in [-0.2, -0.15) is 0 Å². The molecule has 5 rings (SSSR count). The van der Waals surface area contributed by atoms with Gasteiger partial charge in [0.05, 0.1) is 36.5 Å². The highest BCUT2D eigenvalue weighted by Crippen LogP contribution is 2.35. The van der Waals surface area contributed by atoms with Gasteiger partial charge in [-0.05, 0) is 110 Å². The van der Waals surface area contributed by atoms with E-state index in [1.807, 2.05) is 32.1 Å². The molecule has 0 aliphatic carbocycles. The van der Waals surface area contributed by atoms with Crippen LogP contribution in [0, 0.1) is 24.3 Å². The van der Waals surface area contributed by atoms with Crippen LogP contribution in [0.25, 0.3) is 11.8 Å². The molecule has 218 valence electrons. The smallest absolute Gasteiger partial charge is 0.337 e. The summed E-state index contributed by atoms with van der Waals surface area (Å²) in [5.41, 5.74) is 6.04. The van der Waals surface area contributed by atoms with Crippen molar-refractivity contribution in [2.24, 2.45) is 4.99 Å². The molecule has 10 heteroatoms. The summed E-state index contributed by atoms with van der Waals surface area (Å²) in [6.45, 7) is 10.9. The minimum absolute atomic E-state index is 0.236. The van der Waals surface area contributed by atoms with Crippen LogP contribution in [0.1, 0.15) is 48.0 Å². The van der Waals surface area contributed by atoms with Gasteiger partial charge in [0.25, 0.3) is 5.56 Å². The number of fused-ring (bicyclic) bond motifs is 1.